The number of hydrogen-bond acceptors (Lipinski definition) is 14. The number of anilines is 4. The van der Waals surface area contributed by atoms with Crippen molar-refractivity contribution in [1.82, 2.24) is 9.47 Å². The van der Waals surface area contributed by atoms with Gasteiger partial charge in [0.2, 0.25) is 0 Å². The van der Waals surface area contributed by atoms with Crippen LogP contribution in [0.3, 0.4) is 0 Å². The maximum absolute atomic E-state index is 15.8. The van der Waals surface area contributed by atoms with E-state index >= 15 is 4.39 Å². The van der Waals surface area contributed by atoms with E-state index in [1.165, 1.54) is 36.0 Å². The van der Waals surface area contributed by atoms with Gasteiger partial charge in [0.05, 0.1) is 33.7 Å². The lowest BCUT2D eigenvalue weighted by Gasteiger charge is -2.37. The Morgan fingerprint density at radius 1 is 0.812 bits per heavy atom. The summed E-state index contributed by atoms with van der Waals surface area (Å²) in [5, 5.41) is 3.50. The molecule has 1 atom stereocenters. The molecular formula is C58H68ClF4N6O11PS4. The molecule has 0 spiro atoms. The van der Waals surface area contributed by atoms with Crippen LogP contribution in [-0.4, -0.2) is 133 Å². The molecule has 5 aromatic carbocycles. The summed E-state index contributed by atoms with van der Waals surface area (Å²) < 4.78 is 162. The van der Waals surface area contributed by atoms with Gasteiger partial charge in [-0.2, -0.15) is 13.2 Å². The summed E-state index contributed by atoms with van der Waals surface area (Å²) in [6, 6.07) is 28.7. The minimum absolute atomic E-state index is 0.0345. The Bertz CT molecular complexity index is 3730. The second kappa shape index (κ2) is 27.2. The van der Waals surface area contributed by atoms with Crippen molar-refractivity contribution in [3.63, 3.8) is 0 Å². The number of carbonyl (C=O) groups is 1. The summed E-state index contributed by atoms with van der Waals surface area (Å²) >= 11 is 7.64. The van der Waals surface area contributed by atoms with Crippen LogP contribution in [0.4, 0.5) is 40.3 Å². The average molecular weight is 1300 g/mol. The fraction of sp³-hybridized carbons (Fsp3) is 0.397. The number of likely N-dealkylation sites (tertiary alicyclic amines) is 1. The van der Waals surface area contributed by atoms with Crippen molar-refractivity contribution in [2.45, 2.75) is 90.0 Å². The van der Waals surface area contributed by atoms with Crippen molar-refractivity contribution in [3.05, 3.63) is 132 Å². The van der Waals surface area contributed by atoms with Crippen LogP contribution in [0.5, 0.6) is 0 Å². The molecule has 460 valence electrons. The summed E-state index contributed by atoms with van der Waals surface area (Å²) in [5.74, 6) is -1.08. The number of sulfone groups is 2. The lowest BCUT2D eigenvalue weighted by molar-refractivity contribution is -0.150. The second-order valence-corrected chi connectivity index (χ2v) is 30.3. The molecule has 2 aliphatic rings. The largest absolute Gasteiger partial charge is 0.501 e. The van der Waals surface area contributed by atoms with E-state index in [9.17, 15) is 47.8 Å². The minimum atomic E-state index is -6.13. The number of nitrogens with zero attached hydrogens (tertiary/aromatic N) is 4. The SMILES string of the molecule is Cc1c(S(C)(=O)=O)c(-c2cc(F)cc(N3CCN(c4ccc(NS(=O)(=O)c5ccc(N[C@H](CCN6CCC(C(=O)OCCCCP(=O)(O)O)CC6)CSc6ccccc6)c(S(=O)(=O)C(F)(F)F)c5)cc4)CC3)c2)c(-c2ccc(Cl)cc2)n1C(C)C. The van der Waals surface area contributed by atoms with E-state index in [0.29, 0.717) is 122 Å². The number of thioether (sulfide) groups is 1. The standard InChI is InChI=1S/C58H68ClF4N6O11PS4/c1-39(2)69-40(3)56(83(4,74)75)54(55(69)41-12-14-44(59)15-13-41)43-34-45(60)36-49(35-43)68-30-28-67(29-31-68)48-18-16-46(17-19-48)65-85(78,79)51-20-21-52(53(37-51)84(76,77)58(61,62)63)64-47(38-82-50-10-6-5-7-11-50)24-27-66-25-22-42(23-26-66)57(70)80-32-8-9-33-81(71,72)73/h5-7,10-21,34-37,39,42,47,64-65H,8-9,22-33,38H2,1-4H3,(H2,71,72,73)/t47-/m1/s1. The van der Waals surface area contributed by atoms with Gasteiger partial charge in [-0.1, -0.05) is 41.9 Å². The summed E-state index contributed by atoms with van der Waals surface area (Å²) in [6.07, 6.45) is 2.59. The molecule has 85 heavy (non-hydrogen) atoms. The number of alkyl halides is 3. The van der Waals surface area contributed by atoms with Gasteiger partial charge in [-0.3, -0.25) is 14.1 Å². The van der Waals surface area contributed by atoms with Crippen molar-refractivity contribution in [1.29, 1.82) is 0 Å². The summed E-state index contributed by atoms with van der Waals surface area (Å²) in [4.78, 5) is 35.9. The topological polar surface area (TPSA) is 225 Å². The molecule has 1 aromatic heterocycles. The molecule has 0 unspecified atom stereocenters. The van der Waals surface area contributed by atoms with Gasteiger partial charge < -0.3 is 39.1 Å². The van der Waals surface area contributed by atoms with Crippen LogP contribution in [0, 0.1) is 18.7 Å². The number of ether oxygens (including phenoxy) is 1. The third-order valence-electron chi connectivity index (χ3n) is 14.9. The van der Waals surface area contributed by atoms with E-state index in [2.05, 4.69) is 14.9 Å². The Hall–Kier alpha value is -5.63. The molecule has 2 aliphatic heterocycles. The Labute approximate surface area is 503 Å². The molecule has 17 nitrogen and oxygen atoms in total. The van der Waals surface area contributed by atoms with Crippen LogP contribution in [0.2, 0.25) is 5.02 Å². The Morgan fingerprint density at radius 3 is 2.05 bits per heavy atom. The van der Waals surface area contributed by atoms with E-state index < -0.39 is 76.1 Å². The van der Waals surface area contributed by atoms with Gasteiger partial charge in [0, 0.05) is 101 Å². The lowest BCUT2D eigenvalue weighted by Crippen LogP contribution is -2.46. The van der Waals surface area contributed by atoms with E-state index in [0.717, 1.165) is 23.3 Å². The number of piperazine rings is 1. The first-order valence-electron chi connectivity index (χ1n) is 27.5. The molecule has 3 heterocycles. The van der Waals surface area contributed by atoms with Crippen LogP contribution in [0.25, 0.3) is 22.4 Å². The van der Waals surface area contributed by atoms with Gasteiger partial charge in [0.15, 0.2) is 9.84 Å². The summed E-state index contributed by atoms with van der Waals surface area (Å²) in [7, 11) is -18.8. The zero-order valence-corrected chi connectivity index (χ0v) is 52.1. The van der Waals surface area contributed by atoms with Crippen LogP contribution >= 0.6 is 31.0 Å². The van der Waals surface area contributed by atoms with Gasteiger partial charge in [-0.15, -0.1) is 11.8 Å². The van der Waals surface area contributed by atoms with E-state index in [-0.39, 0.29) is 47.5 Å². The third kappa shape index (κ3) is 16.5. The van der Waals surface area contributed by atoms with Crippen molar-refractivity contribution in [2.24, 2.45) is 5.92 Å². The summed E-state index contributed by atoms with van der Waals surface area (Å²) in [5.41, 5.74) is -2.38. The number of aromatic nitrogens is 1. The highest BCUT2D eigenvalue weighted by atomic mass is 35.5. The highest BCUT2D eigenvalue weighted by Crippen LogP contribution is 2.45. The number of carbonyl (C=O) groups excluding carboxylic acids is 1. The van der Waals surface area contributed by atoms with Gasteiger partial charge in [-0.05, 0) is 162 Å². The fourth-order valence-electron chi connectivity index (χ4n) is 10.7. The maximum Gasteiger partial charge on any atom is 0.501 e. The zero-order chi connectivity index (χ0) is 61.6. The van der Waals surface area contributed by atoms with Crippen molar-refractivity contribution in [3.8, 4) is 22.4 Å². The predicted molar refractivity (Wildman–Crippen MR) is 325 cm³/mol. The van der Waals surface area contributed by atoms with E-state index in [1.807, 2.05) is 58.5 Å². The molecule has 2 saturated heterocycles. The van der Waals surface area contributed by atoms with E-state index in [1.54, 1.807) is 49.4 Å². The zero-order valence-electron chi connectivity index (χ0n) is 47.1. The number of rotatable bonds is 24. The quantitative estimate of drug-likeness (QED) is 0.0145. The van der Waals surface area contributed by atoms with Crippen molar-refractivity contribution < 1.29 is 66.7 Å². The number of hydrogen-bond donors (Lipinski definition) is 4. The smallest absolute Gasteiger partial charge is 0.465 e. The molecule has 0 saturated carbocycles. The molecule has 2 fully saturated rings. The lowest BCUT2D eigenvalue weighted by atomic mass is 9.96. The normalized spacial score (nSPS) is 15.5. The molecule has 27 heteroatoms. The number of esters is 1. The third-order valence-corrected chi connectivity index (χ3v) is 21.4. The molecule has 0 amide bonds. The first-order valence-corrected chi connectivity index (χ1v) is 35.5. The molecule has 4 N–H and O–H groups in total. The van der Waals surface area contributed by atoms with Crippen LogP contribution in [-0.2, 0) is 43.8 Å². The number of piperidine rings is 1. The fourth-order valence-corrected chi connectivity index (χ4v) is 15.8. The Morgan fingerprint density at radius 2 is 1.45 bits per heavy atom. The average Bonchev–Trinajstić information content (AvgIpc) is 1.96. The summed E-state index contributed by atoms with van der Waals surface area (Å²) in [6.45, 7) is 8.79. The molecule has 6 aromatic rings. The van der Waals surface area contributed by atoms with Gasteiger partial charge >= 0.3 is 19.1 Å². The van der Waals surface area contributed by atoms with Gasteiger partial charge in [-0.25, -0.2) is 29.6 Å². The second-order valence-electron chi connectivity index (χ2n) is 21.4. The highest BCUT2D eigenvalue weighted by molar-refractivity contribution is 7.99. The van der Waals surface area contributed by atoms with Crippen LogP contribution in [0.15, 0.2) is 135 Å². The number of benzene rings is 5. The Balaban J connectivity index is 0.945. The van der Waals surface area contributed by atoms with Gasteiger partial charge in [0.25, 0.3) is 19.9 Å². The molecule has 0 radical (unpaired) electrons. The predicted octanol–water partition coefficient (Wildman–Crippen LogP) is 11.5. The number of sulfonamides is 1. The molecule has 0 aliphatic carbocycles. The number of unbranched alkanes of at least 4 members (excludes halogenated alkanes) is 1. The maximum atomic E-state index is 15.8. The van der Waals surface area contributed by atoms with Gasteiger partial charge in [0.1, 0.15) is 10.7 Å². The van der Waals surface area contributed by atoms with Crippen LogP contribution < -0.4 is 19.8 Å². The molecule has 0 bridgehead atoms. The number of halogens is 5. The molecular weight excluding hydrogens is 1230 g/mol. The number of nitrogens with one attached hydrogen (secondary N) is 2. The van der Waals surface area contributed by atoms with Crippen molar-refractivity contribution >= 4 is 89.4 Å². The first-order chi connectivity index (χ1) is 40.0. The Kier molecular flexibility index (Phi) is 20.9. The minimum Gasteiger partial charge on any atom is -0.465 e. The van der Waals surface area contributed by atoms with E-state index in [4.69, 9.17) is 26.1 Å². The highest BCUT2D eigenvalue weighted by Gasteiger charge is 2.48. The van der Waals surface area contributed by atoms with Crippen molar-refractivity contribution in [2.75, 3.05) is 90.4 Å². The monoisotopic (exact) mass is 1290 g/mol. The van der Waals surface area contributed by atoms with Crippen LogP contribution in [0.1, 0.15) is 57.7 Å². The first kappa shape index (κ1) is 65.3. The molecule has 8 rings (SSSR count).